The van der Waals surface area contributed by atoms with Crippen molar-refractivity contribution in [2.45, 2.75) is 6.92 Å². The molecule has 1 heterocycles. The van der Waals surface area contributed by atoms with E-state index in [1.54, 1.807) is 0 Å². The summed E-state index contributed by atoms with van der Waals surface area (Å²) < 4.78 is 5.08. The number of carbonyl (C=O) groups excluding carboxylic acids is 1. The monoisotopic (exact) mass is 156 g/mol. The van der Waals surface area contributed by atoms with E-state index in [-0.39, 0.29) is 12.4 Å². The molecule has 0 N–H and O–H groups in total. The molecule has 3 heteroatoms. The van der Waals surface area contributed by atoms with Gasteiger partial charge in [-0.3, -0.25) is 4.79 Å². The summed E-state index contributed by atoms with van der Waals surface area (Å²) in [5.41, 5.74) is 0. The van der Waals surface area contributed by atoms with Crippen LogP contribution < -0.4 is 4.74 Å². The van der Waals surface area contributed by atoms with Crippen LogP contribution in [0.5, 0.6) is 5.06 Å². The Hall–Kier alpha value is -0.830. The Bertz CT molecular complexity index is 203. The highest BCUT2D eigenvalue weighted by molar-refractivity contribution is 7.11. The van der Waals surface area contributed by atoms with Crippen molar-refractivity contribution in [1.82, 2.24) is 0 Å². The van der Waals surface area contributed by atoms with Gasteiger partial charge in [0, 0.05) is 0 Å². The smallest absolute Gasteiger partial charge is 0.174 e. The lowest BCUT2D eigenvalue weighted by molar-refractivity contribution is -0.118. The standard InChI is InChI=1S/C7H8O2S/c1-6(8)5-9-7-3-2-4-10-7/h2-4H,5H2,1H3. The number of Topliss-reactive ketones (excluding diaryl/α,β-unsaturated/α-hetero) is 1. The van der Waals surface area contributed by atoms with Gasteiger partial charge in [0.1, 0.15) is 6.61 Å². The summed E-state index contributed by atoms with van der Waals surface area (Å²) >= 11 is 1.49. The van der Waals surface area contributed by atoms with Gasteiger partial charge in [-0.25, -0.2) is 0 Å². The van der Waals surface area contributed by atoms with Crippen molar-refractivity contribution in [3.05, 3.63) is 17.5 Å². The molecule has 0 saturated heterocycles. The maximum atomic E-state index is 10.4. The Kier molecular flexibility index (Phi) is 2.45. The van der Waals surface area contributed by atoms with Crippen molar-refractivity contribution in [1.29, 1.82) is 0 Å². The molecule has 0 aliphatic rings. The minimum atomic E-state index is 0.0494. The zero-order valence-electron chi connectivity index (χ0n) is 5.66. The summed E-state index contributed by atoms with van der Waals surface area (Å²) in [6, 6.07) is 3.73. The first-order chi connectivity index (χ1) is 4.79. The predicted octanol–water partition coefficient (Wildman–Crippen LogP) is 1.72. The molecule has 1 aromatic rings. The van der Waals surface area contributed by atoms with Crippen LogP contribution in [0.3, 0.4) is 0 Å². The van der Waals surface area contributed by atoms with E-state index in [2.05, 4.69) is 0 Å². The lowest BCUT2D eigenvalue weighted by atomic mass is 10.5. The quantitative estimate of drug-likeness (QED) is 0.666. The molecule has 0 fully saturated rings. The van der Waals surface area contributed by atoms with E-state index >= 15 is 0 Å². The van der Waals surface area contributed by atoms with Gasteiger partial charge >= 0.3 is 0 Å². The van der Waals surface area contributed by atoms with Crippen LogP contribution in [-0.4, -0.2) is 12.4 Å². The molecule has 0 aliphatic heterocycles. The minimum absolute atomic E-state index is 0.0494. The van der Waals surface area contributed by atoms with Crippen molar-refractivity contribution in [3.63, 3.8) is 0 Å². The van der Waals surface area contributed by atoms with Gasteiger partial charge in [-0.05, 0) is 24.4 Å². The fraction of sp³-hybridized carbons (Fsp3) is 0.286. The maximum Gasteiger partial charge on any atom is 0.174 e. The zero-order valence-corrected chi connectivity index (χ0v) is 6.48. The van der Waals surface area contributed by atoms with Gasteiger partial charge in [0.25, 0.3) is 0 Å². The Morgan fingerprint density at radius 3 is 3.10 bits per heavy atom. The van der Waals surface area contributed by atoms with Crippen molar-refractivity contribution in [2.75, 3.05) is 6.61 Å². The van der Waals surface area contributed by atoms with Crippen molar-refractivity contribution < 1.29 is 9.53 Å². The lowest BCUT2D eigenvalue weighted by Crippen LogP contribution is -2.05. The molecule has 0 saturated carbocycles. The number of hydrogen-bond donors (Lipinski definition) is 0. The fourth-order valence-electron chi connectivity index (χ4n) is 0.518. The number of rotatable bonds is 3. The molecular formula is C7H8O2S. The van der Waals surface area contributed by atoms with Crippen LogP contribution in [0, 0.1) is 0 Å². The third kappa shape index (κ3) is 2.19. The second-order valence-electron chi connectivity index (χ2n) is 1.92. The first kappa shape index (κ1) is 7.28. The van der Waals surface area contributed by atoms with E-state index in [4.69, 9.17) is 4.74 Å². The number of ketones is 1. The summed E-state index contributed by atoms with van der Waals surface area (Å²) in [6.45, 7) is 1.69. The number of thiophene rings is 1. The van der Waals surface area contributed by atoms with E-state index in [0.717, 1.165) is 5.06 Å². The number of ether oxygens (including phenoxy) is 1. The van der Waals surface area contributed by atoms with Crippen LogP contribution in [0.4, 0.5) is 0 Å². The summed E-state index contributed by atoms with van der Waals surface area (Å²) in [5, 5.41) is 2.71. The number of hydrogen-bond acceptors (Lipinski definition) is 3. The summed E-state index contributed by atoms with van der Waals surface area (Å²) in [4.78, 5) is 10.4. The van der Waals surface area contributed by atoms with Crippen molar-refractivity contribution in [3.8, 4) is 5.06 Å². The van der Waals surface area contributed by atoms with E-state index in [0.29, 0.717) is 0 Å². The van der Waals surface area contributed by atoms with Crippen LogP contribution in [-0.2, 0) is 4.79 Å². The molecule has 2 nitrogen and oxygen atoms in total. The Labute approximate surface area is 63.4 Å². The summed E-state index contributed by atoms with van der Waals surface area (Å²) in [7, 11) is 0. The highest BCUT2D eigenvalue weighted by Crippen LogP contribution is 2.17. The molecular weight excluding hydrogens is 148 g/mol. The topological polar surface area (TPSA) is 26.3 Å². The lowest BCUT2D eigenvalue weighted by Gasteiger charge is -1.96. The van der Waals surface area contributed by atoms with E-state index < -0.39 is 0 Å². The van der Waals surface area contributed by atoms with Crippen LogP contribution in [0.25, 0.3) is 0 Å². The second-order valence-corrected chi connectivity index (χ2v) is 2.83. The molecule has 1 rings (SSSR count). The normalized spacial score (nSPS) is 9.30. The summed E-state index contributed by atoms with van der Waals surface area (Å²) in [6.07, 6.45) is 0. The van der Waals surface area contributed by atoms with Gasteiger partial charge in [0.15, 0.2) is 10.8 Å². The summed E-state index contributed by atoms with van der Waals surface area (Å²) in [5.74, 6) is 0.0494. The molecule has 1 aromatic heterocycles. The molecule has 0 amide bonds. The van der Waals surface area contributed by atoms with Crippen molar-refractivity contribution >= 4 is 17.1 Å². The Balaban J connectivity index is 2.35. The molecule has 54 valence electrons. The van der Waals surface area contributed by atoms with Gasteiger partial charge in [-0.15, -0.1) is 11.3 Å². The van der Waals surface area contributed by atoms with Gasteiger partial charge in [-0.2, -0.15) is 0 Å². The van der Waals surface area contributed by atoms with Crippen LogP contribution >= 0.6 is 11.3 Å². The third-order valence-electron chi connectivity index (χ3n) is 0.913. The first-order valence-electron chi connectivity index (χ1n) is 2.95. The first-order valence-corrected chi connectivity index (χ1v) is 3.83. The third-order valence-corrected chi connectivity index (χ3v) is 1.69. The molecule has 0 unspecified atom stereocenters. The molecule has 0 spiro atoms. The van der Waals surface area contributed by atoms with Crippen molar-refractivity contribution in [2.24, 2.45) is 0 Å². The van der Waals surface area contributed by atoms with Gasteiger partial charge in [-0.1, -0.05) is 0 Å². The highest BCUT2D eigenvalue weighted by atomic mass is 32.1. The van der Waals surface area contributed by atoms with E-state index in [1.165, 1.54) is 18.3 Å². The Morgan fingerprint density at radius 1 is 1.80 bits per heavy atom. The largest absolute Gasteiger partial charge is 0.476 e. The molecule has 10 heavy (non-hydrogen) atoms. The average Bonchev–Trinajstić information content (AvgIpc) is 2.34. The Morgan fingerprint density at radius 2 is 2.60 bits per heavy atom. The maximum absolute atomic E-state index is 10.4. The van der Waals surface area contributed by atoms with Gasteiger partial charge in [0.2, 0.25) is 0 Å². The van der Waals surface area contributed by atoms with Crippen LogP contribution in [0.2, 0.25) is 0 Å². The van der Waals surface area contributed by atoms with E-state index in [1.807, 2.05) is 17.5 Å². The SMILES string of the molecule is CC(=O)COc1cccs1. The molecule has 0 aromatic carbocycles. The minimum Gasteiger partial charge on any atom is -0.476 e. The number of carbonyl (C=O) groups is 1. The highest BCUT2D eigenvalue weighted by Gasteiger charge is 1.95. The van der Waals surface area contributed by atoms with Gasteiger partial charge < -0.3 is 4.74 Å². The second kappa shape index (κ2) is 3.37. The average molecular weight is 156 g/mol. The molecule has 0 radical (unpaired) electrons. The van der Waals surface area contributed by atoms with Gasteiger partial charge in [0.05, 0.1) is 0 Å². The molecule has 0 aliphatic carbocycles. The fourth-order valence-corrected chi connectivity index (χ4v) is 1.09. The van der Waals surface area contributed by atoms with Crippen LogP contribution in [0.1, 0.15) is 6.92 Å². The molecule has 0 atom stereocenters. The predicted molar refractivity (Wildman–Crippen MR) is 40.5 cm³/mol. The van der Waals surface area contributed by atoms with E-state index in [9.17, 15) is 4.79 Å². The zero-order chi connectivity index (χ0) is 7.40. The van der Waals surface area contributed by atoms with Crippen LogP contribution in [0.15, 0.2) is 17.5 Å². The molecule has 0 bridgehead atoms.